The van der Waals surface area contributed by atoms with Crippen molar-refractivity contribution in [2.24, 2.45) is 0 Å². The maximum Gasteiger partial charge on any atom is 0.256 e. The maximum atomic E-state index is 13.7. The summed E-state index contributed by atoms with van der Waals surface area (Å²) in [6, 6.07) is 9.71. The van der Waals surface area contributed by atoms with Crippen LogP contribution in [0.1, 0.15) is 28.9 Å². The number of piperidine rings is 1. The van der Waals surface area contributed by atoms with Crippen LogP contribution in [0.4, 0.5) is 4.39 Å². The number of benzene rings is 1. The molecule has 23 heavy (non-hydrogen) atoms. The van der Waals surface area contributed by atoms with Crippen molar-refractivity contribution in [1.29, 1.82) is 0 Å². The van der Waals surface area contributed by atoms with Crippen molar-refractivity contribution in [2.45, 2.75) is 25.9 Å². The number of carbonyl (C=O) groups is 1. The molecule has 0 atom stereocenters. The first kappa shape index (κ1) is 15.4. The number of aromatic nitrogens is 2. The van der Waals surface area contributed by atoms with E-state index in [4.69, 9.17) is 4.74 Å². The first-order chi connectivity index (χ1) is 11.1. The van der Waals surface area contributed by atoms with Gasteiger partial charge >= 0.3 is 0 Å². The summed E-state index contributed by atoms with van der Waals surface area (Å²) in [6.07, 6.45) is 1.38. The lowest BCUT2D eigenvalue weighted by molar-refractivity contribution is 0.0582. The normalized spacial score (nSPS) is 15.5. The van der Waals surface area contributed by atoms with Crippen molar-refractivity contribution in [2.75, 3.05) is 13.1 Å². The number of nitrogens with zero attached hydrogens (tertiary/aromatic N) is 3. The number of ether oxygens (including phenoxy) is 1. The monoisotopic (exact) mass is 315 g/mol. The summed E-state index contributed by atoms with van der Waals surface area (Å²) < 4.78 is 19.5. The Morgan fingerprint density at radius 2 is 1.91 bits per heavy atom. The van der Waals surface area contributed by atoms with Gasteiger partial charge in [-0.15, -0.1) is 5.10 Å². The van der Waals surface area contributed by atoms with Gasteiger partial charge in [-0.1, -0.05) is 12.1 Å². The number of hydrogen-bond donors (Lipinski definition) is 0. The van der Waals surface area contributed by atoms with Crippen LogP contribution < -0.4 is 4.74 Å². The molecular formula is C17H18FN3O2. The van der Waals surface area contributed by atoms with Crippen LogP contribution in [0.5, 0.6) is 5.88 Å². The number of likely N-dealkylation sites (tertiary alicyclic amines) is 1. The van der Waals surface area contributed by atoms with Gasteiger partial charge in [-0.25, -0.2) is 4.39 Å². The number of halogens is 1. The number of carbonyl (C=O) groups excluding carboxylic acids is 1. The van der Waals surface area contributed by atoms with Gasteiger partial charge in [-0.2, -0.15) is 5.10 Å². The zero-order chi connectivity index (χ0) is 16.2. The summed E-state index contributed by atoms with van der Waals surface area (Å²) in [5.41, 5.74) is 0.957. The smallest absolute Gasteiger partial charge is 0.256 e. The summed E-state index contributed by atoms with van der Waals surface area (Å²) in [4.78, 5) is 14.0. The summed E-state index contributed by atoms with van der Waals surface area (Å²) >= 11 is 0. The van der Waals surface area contributed by atoms with Crippen molar-refractivity contribution in [3.8, 4) is 5.88 Å². The molecule has 1 saturated heterocycles. The van der Waals surface area contributed by atoms with Gasteiger partial charge in [0.2, 0.25) is 5.88 Å². The molecule has 0 radical (unpaired) electrons. The average molecular weight is 315 g/mol. The summed E-state index contributed by atoms with van der Waals surface area (Å²) in [7, 11) is 0. The topological polar surface area (TPSA) is 55.3 Å². The van der Waals surface area contributed by atoms with Crippen molar-refractivity contribution in [3.63, 3.8) is 0 Å². The zero-order valence-electron chi connectivity index (χ0n) is 12.9. The second-order valence-corrected chi connectivity index (χ2v) is 5.60. The average Bonchev–Trinajstić information content (AvgIpc) is 2.57. The Morgan fingerprint density at radius 1 is 1.17 bits per heavy atom. The molecule has 2 heterocycles. The molecule has 2 aromatic rings. The van der Waals surface area contributed by atoms with E-state index < -0.39 is 5.82 Å². The third-order valence-electron chi connectivity index (χ3n) is 3.89. The van der Waals surface area contributed by atoms with Crippen molar-refractivity contribution >= 4 is 5.91 Å². The van der Waals surface area contributed by atoms with Crippen LogP contribution in [-0.2, 0) is 0 Å². The standard InChI is InChI=1S/C17H18FN3O2/c1-12-6-7-16(20-19-12)23-13-8-10-21(11-9-13)17(22)14-4-2-3-5-15(14)18/h2-7,13H,8-11H2,1H3. The molecule has 3 rings (SSSR count). The molecule has 1 amide bonds. The highest BCUT2D eigenvalue weighted by Crippen LogP contribution is 2.19. The summed E-state index contributed by atoms with van der Waals surface area (Å²) in [6.45, 7) is 2.94. The van der Waals surface area contributed by atoms with Gasteiger partial charge in [0.05, 0.1) is 11.3 Å². The molecule has 6 heteroatoms. The lowest BCUT2D eigenvalue weighted by atomic mass is 10.1. The molecule has 0 unspecified atom stereocenters. The molecule has 1 aliphatic heterocycles. The number of hydrogen-bond acceptors (Lipinski definition) is 4. The van der Waals surface area contributed by atoms with Crippen LogP contribution in [0.2, 0.25) is 0 Å². The highest BCUT2D eigenvalue weighted by Gasteiger charge is 2.26. The van der Waals surface area contributed by atoms with Gasteiger partial charge in [0.25, 0.3) is 5.91 Å². The van der Waals surface area contributed by atoms with Gasteiger partial charge in [-0.05, 0) is 25.1 Å². The minimum Gasteiger partial charge on any atom is -0.473 e. The van der Waals surface area contributed by atoms with Gasteiger partial charge in [0.1, 0.15) is 11.9 Å². The summed E-state index contributed by atoms with van der Waals surface area (Å²) in [5.74, 6) is -0.253. The third kappa shape index (κ3) is 3.64. The Balaban J connectivity index is 1.57. The van der Waals surface area contributed by atoms with Crippen molar-refractivity contribution in [3.05, 3.63) is 53.5 Å². The lowest BCUT2D eigenvalue weighted by Gasteiger charge is -2.32. The third-order valence-corrected chi connectivity index (χ3v) is 3.89. The molecule has 120 valence electrons. The minimum atomic E-state index is -0.481. The SMILES string of the molecule is Cc1ccc(OC2CCN(C(=O)c3ccccc3F)CC2)nn1. The first-order valence-electron chi connectivity index (χ1n) is 7.64. The van der Waals surface area contributed by atoms with E-state index in [1.165, 1.54) is 12.1 Å². The Bertz CT molecular complexity index is 682. The molecule has 0 spiro atoms. The molecule has 1 aliphatic rings. The van der Waals surface area contributed by atoms with Crippen molar-refractivity contribution < 1.29 is 13.9 Å². The van der Waals surface area contributed by atoms with Crippen molar-refractivity contribution in [1.82, 2.24) is 15.1 Å². The van der Waals surface area contributed by atoms with Gasteiger partial charge in [0, 0.05) is 32.0 Å². The second-order valence-electron chi connectivity index (χ2n) is 5.60. The van der Waals surface area contributed by atoms with E-state index in [2.05, 4.69) is 10.2 Å². The van der Waals surface area contributed by atoms with Crippen LogP contribution in [0.15, 0.2) is 36.4 Å². The predicted octanol–water partition coefficient (Wildman–Crippen LogP) is 2.61. The van der Waals surface area contributed by atoms with Crippen LogP contribution in [0.25, 0.3) is 0 Å². The van der Waals surface area contributed by atoms with E-state index in [-0.39, 0.29) is 17.6 Å². The van der Waals surface area contributed by atoms with Crippen LogP contribution in [0.3, 0.4) is 0 Å². The fourth-order valence-corrected chi connectivity index (χ4v) is 2.60. The number of aryl methyl sites for hydroxylation is 1. The van der Waals surface area contributed by atoms with E-state index >= 15 is 0 Å². The molecule has 0 N–H and O–H groups in total. The Morgan fingerprint density at radius 3 is 2.57 bits per heavy atom. The van der Waals surface area contributed by atoms with Crippen LogP contribution in [0, 0.1) is 12.7 Å². The van der Waals surface area contributed by atoms with E-state index in [9.17, 15) is 9.18 Å². The fourth-order valence-electron chi connectivity index (χ4n) is 2.60. The van der Waals surface area contributed by atoms with E-state index in [0.29, 0.717) is 31.8 Å². The van der Waals surface area contributed by atoms with Crippen LogP contribution >= 0.6 is 0 Å². The van der Waals surface area contributed by atoms with Gasteiger partial charge in [-0.3, -0.25) is 4.79 Å². The summed E-state index contributed by atoms with van der Waals surface area (Å²) in [5, 5.41) is 7.94. The zero-order valence-corrected chi connectivity index (χ0v) is 12.9. The molecule has 0 saturated carbocycles. The number of amides is 1. The second kappa shape index (κ2) is 6.73. The maximum absolute atomic E-state index is 13.7. The van der Waals surface area contributed by atoms with E-state index in [0.717, 1.165) is 5.69 Å². The lowest BCUT2D eigenvalue weighted by Crippen LogP contribution is -2.42. The molecule has 1 aromatic carbocycles. The molecule has 0 bridgehead atoms. The van der Waals surface area contributed by atoms with Gasteiger partial charge in [0.15, 0.2) is 0 Å². The molecule has 5 nitrogen and oxygen atoms in total. The van der Waals surface area contributed by atoms with E-state index in [1.807, 2.05) is 13.0 Å². The fraction of sp³-hybridized carbons (Fsp3) is 0.353. The highest BCUT2D eigenvalue weighted by molar-refractivity contribution is 5.94. The molecule has 0 aliphatic carbocycles. The number of rotatable bonds is 3. The first-order valence-corrected chi connectivity index (χ1v) is 7.64. The van der Waals surface area contributed by atoms with Gasteiger partial charge < -0.3 is 9.64 Å². The highest BCUT2D eigenvalue weighted by atomic mass is 19.1. The molecular weight excluding hydrogens is 297 g/mol. The van der Waals surface area contributed by atoms with E-state index in [1.54, 1.807) is 23.1 Å². The molecule has 1 aromatic heterocycles. The quantitative estimate of drug-likeness (QED) is 0.873. The largest absolute Gasteiger partial charge is 0.473 e. The Kier molecular flexibility index (Phi) is 4.50. The Labute approximate surface area is 134 Å². The minimum absolute atomic E-state index is 0.00308. The van der Waals surface area contributed by atoms with Crippen LogP contribution in [-0.4, -0.2) is 40.2 Å². The predicted molar refractivity (Wildman–Crippen MR) is 82.7 cm³/mol. The Hall–Kier alpha value is -2.50. The molecule has 1 fully saturated rings.